The highest BCUT2D eigenvalue weighted by Gasteiger charge is 2.26. The van der Waals surface area contributed by atoms with Gasteiger partial charge < -0.3 is 4.74 Å². The van der Waals surface area contributed by atoms with E-state index in [-0.39, 0.29) is 17.6 Å². The molecule has 0 fully saturated rings. The molecule has 114 valence electrons. The fourth-order valence-corrected chi connectivity index (χ4v) is 2.74. The highest BCUT2D eigenvalue weighted by Crippen LogP contribution is 2.24. The van der Waals surface area contributed by atoms with Crippen LogP contribution in [0.4, 0.5) is 13.2 Å². The molecule has 6 heteroatoms. The number of ether oxygens (including phenoxy) is 1. The van der Waals surface area contributed by atoms with Crippen LogP contribution in [0.2, 0.25) is 0 Å². The highest BCUT2D eigenvalue weighted by atomic mass is 32.2. The average molecular weight is 300 g/mol. The van der Waals surface area contributed by atoms with E-state index < -0.39 is 12.6 Å². The number of carbonyl (C=O) groups is 1. The van der Waals surface area contributed by atoms with Crippen LogP contribution in [0, 0.1) is 0 Å². The van der Waals surface area contributed by atoms with E-state index in [0.29, 0.717) is 25.2 Å². The van der Waals surface area contributed by atoms with E-state index in [2.05, 4.69) is 0 Å². The predicted molar refractivity (Wildman–Crippen MR) is 72.3 cm³/mol. The molecule has 19 heavy (non-hydrogen) atoms. The van der Waals surface area contributed by atoms with Crippen molar-refractivity contribution in [3.8, 4) is 0 Å². The Kier molecular flexibility index (Phi) is 10.2. The molecule has 0 saturated carbocycles. The summed E-state index contributed by atoms with van der Waals surface area (Å²) in [6.07, 6.45) is -1.86. The lowest BCUT2D eigenvalue weighted by atomic mass is 10.2. The molecule has 0 N–H and O–H groups in total. The normalized spacial score (nSPS) is 13.3. The minimum atomic E-state index is -4.08. The zero-order chi connectivity index (χ0) is 14.7. The molecule has 0 bridgehead atoms. The molecular weight excluding hydrogens is 277 g/mol. The third kappa shape index (κ3) is 11.2. The molecule has 2 nitrogen and oxygen atoms in total. The average Bonchev–Trinajstić information content (AvgIpc) is 2.32. The number of hydrogen-bond donors (Lipinski definition) is 0. The monoisotopic (exact) mass is 300 g/mol. The second kappa shape index (κ2) is 10.4. The molecule has 1 atom stereocenters. The maximum absolute atomic E-state index is 11.9. The molecule has 0 aliphatic rings. The first-order valence-corrected chi connectivity index (χ1v) is 7.80. The number of alkyl halides is 3. The molecule has 0 rings (SSSR count). The number of esters is 1. The van der Waals surface area contributed by atoms with Gasteiger partial charge in [0.05, 0.1) is 6.61 Å². The quantitative estimate of drug-likeness (QED) is 0.436. The van der Waals surface area contributed by atoms with Gasteiger partial charge in [0.2, 0.25) is 0 Å². The number of unbranched alkanes of at least 4 members (excludes halogenated alkanes) is 1. The second-order valence-corrected chi connectivity index (χ2v) is 5.70. The number of hydrogen-bond acceptors (Lipinski definition) is 3. The summed E-state index contributed by atoms with van der Waals surface area (Å²) in [7, 11) is 0. The van der Waals surface area contributed by atoms with Crippen LogP contribution in [0.1, 0.15) is 52.4 Å². The van der Waals surface area contributed by atoms with E-state index in [4.69, 9.17) is 4.74 Å². The lowest BCUT2D eigenvalue weighted by molar-refractivity contribution is -0.143. The van der Waals surface area contributed by atoms with Crippen LogP contribution in [-0.2, 0) is 9.53 Å². The van der Waals surface area contributed by atoms with Gasteiger partial charge in [-0.05, 0) is 31.4 Å². The van der Waals surface area contributed by atoms with E-state index in [0.717, 1.165) is 12.8 Å². The Morgan fingerprint density at radius 3 is 2.42 bits per heavy atom. The Labute approximate surface area is 117 Å². The largest absolute Gasteiger partial charge is 0.465 e. The molecule has 0 aliphatic carbocycles. The number of halogens is 3. The van der Waals surface area contributed by atoms with Crippen LogP contribution in [0.3, 0.4) is 0 Å². The van der Waals surface area contributed by atoms with E-state index in [1.165, 1.54) is 11.8 Å². The van der Waals surface area contributed by atoms with Crippen LogP contribution >= 0.6 is 11.8 Å². The fourth-order valence-electron chi connectivity index (χ4n) is 1.48. The number of rotatable bonds is 10. The molecule has 1 unspecified atom stereocenters. The standard InChI is InChI=1S/C13H23F3O2S/c1-3-7-11(12(17)18-9-4-2)19-10-6-5-8-13(14,15)16/h11H,3-10H2,1-2H3. The second-order valence-electron chi connectivity index (χ2n) is 4.39. The smallest absolute Gasteiger partial charge is 0.389 e. The summed E-state index contributed by atoms with van der Waals surface area (Å²) in [5.74, 6) is 0.339. The molecule has 0 spiro atoms. The summed E-state index contributed by atoms with van der Waals surface area (Å²) >= 11 is 1.41. The Morgan fingerprint density at radius 1 is 1.21 bits per heavy atom. The zero-order valence-electron chi connectivity index (χ0n) is 11.6. The van der Waals surface area contributed by atoms with E-state index in [1.807, 2.05) is 13.8 Å². The van der Waals surface area contributed by atoms with E-state index >= 15 is 0 Å². The van der Waals surface area contributed by atoms with Gasteiger partial charge in [-0.1, -0.05) is 20.3 Å². The van der Waals surface area contributed by atoms with Gasteiger partial charge in [0.25, 0.3) is 0 Å². The molecule has 0 saturated heterocycles. The SMILES string of the molecule is CCCOC(=O)C(CCC)SCCCCC(F)(F)F. The molecule has 0 aromatic heterocycles. The molecule has 0 aromatic rings. The van der Waals surface area contributed by atoms with Gasteiger partial charge in [-0.15, -0.1) is 11.8 Å². The van der Waals surface area contributed by atoms with Gasteiger partial charge in [-0.25, -0.2) is 0 Å². The first-order chi connectivity index (χ1) is 8.90. The van der Waals surface area contributed by atoms with Crippen molar-refractivity contribution in [1.29, 1.82) is 0 Å². The number of carbonyl (C=O) groups excluding carboxylic acids is 1. The first-order valence-electron chi connectivity index (χ1n) is 6.75. The summed E-state index contributed by atoms with van der Waals surface area (Å²) in [6, 6.07) is 0. The van der Waals surface area contributed by atoms with Crippen molar-refractivity contribution < 1.29 is 22.7 Å². The predicted octanol–water partition coefficient (Wildman–Crippen LogP) is 4.57. The van der Waals surface area contributed by atoms with Crippen LogP contribution in [-0.4, -0.2) is 29.8 Å². The van der Waals surface area contributed by atoms with Crippen molar-refractivity contribution in [2.75, 3.05) is 12.4 Å². The topological polar surface area (TPSA) is 26.3 Å². The molecular formula is C13H23F3O2S. The van der Waals surface area contributed by atoms with Gasteiger partial charge in [0, 0.05) is 6.42 Å². The minimum Gasteiger partial charge on any atom is -0.465 e. The molecule has 0 radical (unpaired) electrons. The lowest BCUT2D eigenvalue weighted by Gasteiger charge is -2.14. The van der Waals surface area contributed by atoms with Crippen LogP contribution in [0.15, 0.2) is 0 Å². The van der Waals surface area contributed by atoms with Crippen molar-refractivity contribution in [3.05, 3.63) is 0 Å². The van der Waals surface area contributed by atoms with Gasteiger partial charge in [0.1, 0.15) is 5.25 Å². The van der Waals surface area contributed by atoms with Gasteiger partial charge in [0.15, 0.2) is 0 Å². The van der Waals surface area contributed by atoms with Crippen LogP contribution in [0.5, 0.6) is 0 Å². The molecule has 0 amide bonds. The Hall–Kier alpha value is -0.390. The maximum Gasteiger partial charge on any atom is 0.389 e. The summed E-state index contributed by atoms with van der Waals surface area (Å²) in [6.45, 7) is 4.31. The van der Waals surface area contributed by atoms with E-state index in [9.17, 15) is 18.0 Å². The third-order valence-corrected chi connectivity index (χ3v) is 3.79. The Balaban J connectivity index is 3.85. The minimum absolute atomic E-state index is 0.124. The van der Waals surface area contributed by atoms with Crippen molar-refractivity contribution >= 4 is 17.7 Å². The Morgan fingerprint density at radius 2 is 1.89 bits per heavy atom. The summed E-state index contributed by atoms with van der Waals surface area (Å²) < 4.78 is 40.9. The zero-order valence-corrected chi connectivity index (χ0v) is 12.4. The number of thioether (sulfide) groups is 1. The van der Waals surface area contributed by atoms with Crippen molar-refractivity contribution in [3.63, 3.8) is 0 Å². The van der Waals surface area contributed by atoms with Crippen LogP contribution < -0.4 is 0 Å². The molecule has 0 aromatic carbocycles. The summed E-state index contributed by atoms with van der Waals surface area (Å²) in [5.41, 5.74) is 0. The first kappa shape index (κ1) is 18.6. The van der Waals surface area contributed by atoms with Gasteiger partial charge in [-0.3, -0.25) is 4.79 Å². The summed E-state index contributed by atoms with van der Waals surface area (Å²) in [4.78, 5) is 11.7. The van der Waals surface area contributed by atoms with Crippen molar-refractivity contribution in [1.82, 2.24) is 0 Å². The van der Waals surface area contributed by atoms with E-state index in [1.54, 1.807) is 0 Å². The molecule has 0 aliphatic heterocycles. The van der Waals surface area contributed by atoms with Gasteiger partial charge >= 0.3 is 12.1 Å². The lowest BCUT2D eigenvalue weighted by Crippen LogP contribution is -2.21. The van der Waals surface area contributed by atoms with Crippen molar-refractivity contribution in [2.45, 2.75) is 63.8 Å². The van der Waals surface area contributed by atoms with Gasteiger partial charge in [-0.2, -0.15) is 13.2 Å². The third-order valence-electron chi connectivity index (χ3n) is 2.44. The van der Waals surface area contributed by atoms with Crippen LogP contribution in [0.25, 0.3) is 0 Å². The molecule has 0 heterocycles. The maximum atomic E-state index is 11.9. The summed E-state index contributed by atoms with van der Waals surface area (Å²) in [5, 5.41) is -0.234. The Bertz CT molecular complexity index is 245. The highest BCUT2D eigenvalue weighted by molar-refractivity contribution is 8.00. The fraction of sp³-hybridized carbons (Fsp3) is 0.923. The van der Waals surface area contributed by atoms with Crippen molar-refractivity contribution in [2.24, 2.45) is 0 Å².